The van der Waals surface area contributed by atoms with E-state index in [1.807, 2.05) is 24.3 Å². The fourth-order valence-electron chi connectivity index (χ4n) is 2.13. The Morgan fingerprint density at radius 3 is 2.78 bits per heavy atom. The number of hydrogen-bond donors (Lipinski definition) is 1. The monoisotopic (exact) mass is 417 g/mol. The Labute approximate surface area is 165 Å². The number of fused-ring (bicyclic) bond motifs is 1. The summed E-state index contributed by atoms with van der Waals surface area (Å²) in [5, 5.41) is 17.7. The number of aliphatic carboxylic acids is 1. The number of benzene rings is 1. The van der Waals surface area contributed by atoms with Gasteiger partial charge in [-0.3, -0.25) is 0 Å². The van der Waals surface area contributed by atoms with E-state index >= 15 is 0 Å². The number of thioether (sulfide) groups is 1. The molecule has 0 fully saturated rings. The first kappa shape index (κ1) is 17.8. The van der Waals surface area contributed by atoms with Gasteiger partial charge in [-0.15, -0.1) is 21.5 Å². The molecule has 10 heteroatoms. The third-order valence-corrected chi connectivity index (χ3v) is 6.12. The van der Waals surface area contributed by atoms with Crippen LogP contribution in [0.5, 0.6) is 0 Å². The van der Waals surface area contributed by atoms with Crippen LogP contribution in [0.15, 0.2) is 64.8 Å². The van der Waals surface area contributed by atoms with E-state index in [1.54, 1.807) is 30.4 Å². The number of aromatic nitrogens is 3. The molecule has 0 aliphatic heterocycles. The Hall–Kier alpha value is -2.56. The minimum Gasteiger partial charge on any atom is -0.477 e. The van der Waals surface area contributed by atoms with E-state index < -0.39 is 5.97 Å². The molecule has 0 unspecified atom stereocenters. The molecule has 0 radical (unpaired) electrons. The van der Waals surface area contributed by atoms with E-state index in [-0.39, 0.29) is 10.1 Å². The Morgan fingerprint density at radius 2 is 2.04 bits per heavy atom. The summed E-state index contributed by atoms with van der Waals surface area (Å²) in [6.45, 7) is 1.64. The van der Waals surface area contributed by atoms with Gasteiger partial charge < -0.3 is 13.9 Å². The smallest absolute Gasteiger partial charge is 0.342 e. The van der Waals surface area contributed by atoms with Gasteiger partial charge in [-0.1, -0.05) is 12.1 Å². The number of rotatable bonds is 6. The molecule has 136 valence electrons. The van der Waals surface area contributed by atoms with Gasteiger partial charge in [0.25, 0.3) is 5.22 Å². The predicted octanol–water partition coefficient (Wildman–Crippen LogP) is 4.95. The van der Waals surface area contributed by atoms with E-state index in [9.17, 15) is 9.90 Å². The maximum Gasteiger partial charge on any atom is 0.342 e. The predicted molar refractivity (Wildman–Crippen MR) is 103 cm³/mol. The van der Waals surface area contributed by atoms with Crippen molar-refractivity contribution in [3.8, 4) is 0 Å². The maximum atomic E-state index is 11.5. The first-order valence-corrected chi connectivity index (χ1v) is 10.1. The van der Waals surface area contributed by atoms with Crippen LogP contribution in [0.3, 0.4) is 0 Å². The lowest BCUT2D eigenvalue weighted by Gasteiger charge is -1.97. The molecule has 0 bridgehead atoms. The van der Waals surface area contributed by atoms with Crippen LogP contribution in [0.4, 0.5) is 0 Å². The topological polar surface area (TPSA) is 102 Å². The molecule has 4 rings (SSSR count). The standard InChI is InChI=1S/C17H11N3O4S3/c1-9-19-20-16(23-9)25-13(15(21)22)8-10-6-7-14(24-10)27-17-18-11-4-2-3-5-12(11)26-17/h2-8H,1H3,(H,21,22)/b13-8-. The van der Waals surface area contributed by atoms with Crippen molar-refractivity contribution < 1.29 is 18.7 Å². The lowest BCUT2D eigenvalue weighted by atomic mass is 10.3. The van der Waals surface area contributed by atoms with Gasteiger partial charge in [0.05, 0.1) is 10.2 Å². The SMILES string of the molecule is Cc1nnc(S/C(=C\c2ccc(Sc3nc4ccccc4s3)o2)C(=O)O)o1. The van der Waals surface area contributed by atoms with Crippen LogP contribution >= 0.6 is 34.9 Å². The highest BCUT2D eigenvalue weighted by molar-refractivity contribution is 8.03. The van der Waals surface area contributed by atoms with Gasteiger partial charge in [-0.25, -0.2) is 9.78 Å². The number of thiazole rings is 1. The van der Waals surface area contributed by atoms with Crippen LogP contribution in [0.1, 0.15) is 11.7 Å². The number of furan rings is 1. The van der Waals surface area contributed by atoms with E-state index in [0.717, 1.165) is 26.3 Å². The normalized spacial score (nSPS) is 12.0. The molecule has 27 heavy (non-hydrogen) atoms. The summed E-state index contributed by atoms with van der Waals surface area (Å²) < 4.78 is 12.9. The summed E-state index contributed by atoms with van der Waals surface area (Å²) in [5.74, 6) is -0.317. The summed E-state index contributed by atoms with van der Waals surface area (Å²) in [6.07, 6.45) is 1.43. The Bertz CT molecular complexity index is 1110. The van der Waals surface area contributed by atoms with Gasteiger partial charge >= 0.3 is 5.97 Å². The van der Waals surface area contributed by atoms with Crippen LogP contribution in [0.2, 0.25) is 0 Å². The number of para-hydroxylation sites is 1. The number of aryl methyl sites for hydroxylation is 1. The highest BCUT2D eigenvalue weighted by Crippen LogP contribution is 2.36. The molecule has 3 aromatic heterocycles. The maximum absolute atomic E-state index is 11.5. The van der Waals surface area contributed by atoms with Crippen molar-refractivity contribution in [2.24, 2.45) is 0 Å². The fraction of sp³-hybridized carbons (Fsp3) is 0.0588. The van der Waals surface area contributed by atoms with Gasteiger partial charge in [-0.2, -0.15) is 0 Å². The zero-order valence-corrected chi connectivity index (χ0v) is 16.2. The average Bonchev–Trinajstić information content (AvgIpc) is 3.34. The van der Waals surface area contributed by atoms with Crippen LogP contribution in [0.25, 0.3) is 16.3 Å². The molecule has 0 amide bonds. The van der Waals surface area contributed by atoms with Crippen molar-refractivity contribution in [3.63, 3.8) is 0 Å². The molecular formula is C17H11N3O4S3. The summed E-state index contributed by atoms with van der Waals surface area (Å²) in [6, 6.07) is 11.4. The van der Waals surface area contributed by atoms with Crippen molar-refractivity contribution in [1.82, 2.24) is 15.2 Å². The zero-order chi connectivity index (χ0) is 18.8. The number of carboxylic acid groups (broad SMARTS) is 1. The number of hydrogen-bond acceptors (Lipinski definition) is 9. The first-order valence-electron chi connectivity index (χ1n) is 7.63. The van der Waals surface area contributed by atoms with Gasteiger partial charge in [0, 0.05) is 13.0 Å². The quantitative estimate of drug-likeness (QED) is 0.345. The lowest BCUT2D eigenvalue weighted by molar-refractivity contribution is -0.131. The molecule has 0 aliphatic rings. The second kappa shape index (κ2) is 7.59. The van der Waals surface area contributed by atoms with Gasteiger partial charge in [0.2, 0.25) is 5.89 Å². The fourth-order valence-corrected chi connectivity index (χ4v) is 4.79. The Balaban J connectivity index is 1.53. The van der Waals surface area contributed by atoms with Gasteiger partial charge in [0.1, 0.15) is 10.7 Å². The van der Waals surface area contributed by atoms with Crippen LogP contribution in [-0.2, 0) is 4.79 Å². The number of carboxylic acids is 1. The molecule has 0 aliphatic carbocycles. The second-order valence-corrected chi connectivity index (χ2v) is 8.48. The van der Waals surface area contributed by atoms with Crippen molar-refractivity contribution in [2.75, 3.05) is 0 Å². The van der Waals surface area contributed by atoms with E-state index in [2.05, 4.69) is 15.2 Å². The first-order chi connectivity index (χ1) is 13.1. The molecular weight excluding hydrogens is 406 g/mol. The van der Waals surface area contributed by atoms with Crippen molar-refractivity contribution in [2.45, 2.75) is 21.6 Å². The summed E-state index contributed by atoms with van der Waals surface area (Å²) in [4.78, 5) is 16.0. The van der Waals surface area contributed by atoms with Gasteiger partial charge in [0.15, 0.2) is 9.43 Å². The van der Waals surface area contributed by atoms with E-state index in [0.29, 0.717) is 16.7 Å². The molecule has 1 aromatic carbocycles. The van der Waals surface area contributed by atoms with Crippen molar-refractivity contribution >= 4 is 57.1 Å². The molecule has 0 saturated carbocycles. The Morgan fingerprint density at radius 1 is 1.19 bits per heavy atom. The van der Waals surface area contributed by atoms with Crippen LogP contribution in [-0.4, -0.2) is 26.3 Å². The van der Waals surface area contributed by atoms with Crippen molar-refractivity contribution in [3.05, 3.63) is 53.0 Å². The largest absolute Gasteiger partial charge is 0.477 e. The minimum atomic E-state index is -1.10. The molecule has 0 spiro atoms. The molecule has 4 aromatic rings. The van der Waals surface area contributed by atoms with E-state index in [1.165, 1.54) is 17.8 Å². The number of carbonyl (C=O) groups is 1. The second-order valence-electron chi connectivity index (χ2n) is 5.21. The zero-order valence-electron chi connectivity index (χ0n) is 13.8. The Kier molecular flexibility index (Phi) is 5.01. The number of nitrogens with zero attached hydrogens (tertiary/aromatic N) is 3. The van der Waals surface area contributed by atoms with Gasteiger partial charge in [-0.05, 0) is 47.8 Å². The molecule has 7 nitrogen and oxygen atoms in total. The average molecular weight is 417 g/mol. The highest BCUT2D eigenvalue weighted by atomic mass is 32.2. The molecule has 0 saturated heterocycles. The lowest BCUT2D eigenvalue weighted by Crippen LogP contribution is -1.96. The third kappa shape index (κ3) is 4.24. The van der Waals surface area contributed by atoms with E-state index in [4.69, 9.17) is 8.83 Å². The molecule has 1 N–H and O–H groups in total. The molecule has 0 atom stereocenters. The van der Waals surface area contributed by atoms with Crippen LogP contribution in [0, 0.1) is 6.92 Å². The summed E-state index contributed by atoms with van der Waals surface area (Å²) in [7, 11) is 0. The summed E-state index contributed by atoms with van der Waals surface area (Å²) in [5.41, 5.74) is 0.941. The third-order valence-electron chi connectivity index (χ3n) is 3.25. The highest BCUT2D eigenvalue weighted by Gasteiger charge is 2.16. The minimum absolute atomic E-state index is 0.0181. The van der Waals surface area contributed by atoms with Crippen molar-refractivity contribution in [1.29, 1.82) is 0 Å². The molecule has 3 heterocycles. The van der Waals surface area contributed by atoms with Crippen LogP contribution < -0.4 is 0 Å². The summed E-state index contributed by atoms with van der Waals surface area (Å²) >= 11 is 3.84.